The summed E-state index contributed by atoms with van der Waals surface area (Å²) < 4.78 is 20.4. The summed E-state index contributed by atoms with van der Waals surface area (Å²) in [5.74, 6) is 1.20. The fourth-order valence-electron chi connectivity index (χ4n) is 4.07. The summed E-state index contributed by atoms with van der Waals surface area (Å²) in [7, 11) is 0. The minimum Gasteiger partial charge on any atom is -0.488 e. The number of allylic oxidation sites excluding steroid dienone is 1. The Hall–Kier alpha value is -3.04. The molecule has 7 nitrogen and oxygen atoms in total. The van der Waals surface area contributed by atoms with Gasteiger partial charge in [-0.05, 0) is 61.3 Å². The van der Waals surface area contributed by atoms with E-state index in [0.717, 1.165) is 41.7 Å². The van der Waals surface area contributed by atoms with Crippen molar-refractivity contribution in [3.63, 3.8) is 0 Å². The third-order valence-corrected chi connectivity index (χ3v) is 6.66. The average molecular weight is 471 g/mol. The van der Waals surface area contributed by atoms with Crippen LogP contribution in [0.4, 0.5) is 21.8 Å². The molecule has 0 spiro atoms. The number of thiophene rings is 1. The number of nitrogens with one attached hydrogen (secondary N) is 2. The van der Waals surface area contributed by atoms with E-state index in [1.54, 1.807) is 17.4 Å². The summed E-state index contributed by atoms with van der Waals surface area (Å²) in [5.41, 5.74) is 1.31. The first-order chi connectivity index (χ1) is 16.1. The highest BCUT2D eigenvalue weighted by Crippen LogP contribution is 2.33. The summed E-state index contributed by atoms with van der Waals surface area (Å²) in [5, 5.41) is 17.4. The Morgan fingerprint density at radius 3 is 2.82 bits per heavy atom. The third kappa shape index (κ3) is 5.85. The Bertz CT molecular complexity index is 1130. The van der Waals surface area contributed by atoms with Crippen LogP contribution in [0.3, 0.4) is 0 Å². The smallest absolute Gasteiger partial charge is 0.229 e. The van der Waals surface area contributed by atoms with E-state index < -0.39 is 5.82 Å². The molecule has 0 amide bonds. The van der Waals surface area contributed by atoms with E-state index in [1.165, 1.54) is 18.2 Å². The lowest BCUT2D eigenvalue weighted by molar-refractivity contribution is -0.115. The molecule has 1 aromatic carbocycles. The summed E-state index contributed by atoms with van der Waals surface area (Å²) in [6, 6.07) is 6.70. The predicted molar refractivity (Wildman–Crippen MR) is 129 cm³/mol. The van der Waals surface area contributed by atoms with Crippen molar-refractivity contribution in [3.05, 3.63) is 48.1 Å². The van der Waals surface area contributed by atoms with Gasteiger partial charge in [0.15, 0.2) is 17.3 Å². The van der Waals surface area contributed by atoms with Crippen LogP contribution >= 0.6 is 11.3 Å². The summed E-state index contributed by atoms with van der Waals surface area (Å²) in [6.07, 6.45) is 5.91. The molecule has 2 heterocycles. The number of halogens is 1. The van der Waals surface area contributed by atoms with E-state index in [2.05, 4.69) is 27.2 Å². The maximum Gasteiger partial charge on any atom is 0.229 e. The van der Waals surface area contributed by atoms with Crippen molar-refractivity contribution in [1.29, 1.82) is 0 Å². The first kappa shape index (κ1) is 23.1. The molecule has 0 unspecified atom stereocenters. The van der Waals surface area contributed by atoms with Gasteiger partial charge in [-0.2, -0.15) is 4.98 Å². The van der Waals surface area contributed by atoms with E-state index in [9.17, 15) is 9.18 Å². The van der Waals surface area contributed by atoms with Crippen LogP contribution < -0.4 is 15.4 Å². The van der Waals surface area contributed by atoms with Crippen molar-refractivity contribution >= 4 is 44.8 Å². The normalized spacial score (nSPS) is 18.1. The van der Waals surface area contributed by atoms with E-state index in [-0.39, 0.29) is 30.8 Å². The standard InChI is InChI=1S/C24H27FN4O3S/c1-2-18(31)13-15-3-5-16(6-4-15)26-23-22-20(9-12-33-22)28-24(29-23)27-17-7-8-21(19(25)14-17)32-11-10-30/h2,7-9,12,14-16,30H,1,3-6,10-11,13H2,(H2,26,27,28,29). The van der Waals surface area contributed by atoms with Crippen LogP contribution in [0.15, 0.2) is 42.3 Å². The zero-order valence-corrected chi connectivity index (χ0v) is 19.0. The maximum atomic E-state index is 14.3. The number of rotatable bonds is 10. The Morgan fingerprint density at radius 2 is 2.09 bits per heavy atom. The molecule has 3 aromatic rings. The molecular formula is C24H27FN4O3S. The number of aliphatic hydroxyl groups excluding tert-OH is 1. The van der Waals surface area contributed by atoms with Crippen molar-refractivity contribution in [2.45, 2.75) is 38.1 Å². The van der Waals surface area contributed by atoms with Gasteiger partial charge in [0.25, 0.3) is 0 Å². The quantitative estimate of drug-likeness (QED) is 0.356. The molecule has 0 bridgehead atoms. The summed E-state index contributed by atoms with van der Waals surface area (Å²) >= 11 is 1.57. The van der Waals surface area contributed by atoms with Crippen LogP contribution in [0.5, 0.6) is 5.75 Å². The van der Waals surface area contributed by atoms with Gasteiger partial charge < -0.3 is 20.5 Å². The lowest BCUT2D eigenvalue weighted by Gasteiger charge is -2.29. The molecule has 3 N–H and O–H groups in total. The summed E-state index contributed by atoms with van der Waals surface area (Å²) in [4.78, 5) is 20.9. The molecule has 1 saturated carbocycles. The SMILES string of the molecule is C=CC(=O)CC1CCC(Nc2nc(Nc3ccc(OCCO)c(F)c3)nc3ccsc23)CC1. The second-order valence-electron chi connectivity index (χ2n) is 8.11. The van der Waals surface area contributed by atoms with Crippen molar-refractivity contribution in [1.82, 2.24) is 9.97 Å². The van der Waals surface area contributed by atoms with Crippen LogP contribution in [0.25, 0.3) is 10.2 Å². The minimum atomic E-state index is -0.532. The van der Waals surface area contributed by atoms with Crippen molar-refractivity contribution in [2.24, 2.45) is 5.92 Å². The highest BCUT2D eigenvalue weighted by molar-refractivity contribution is 7.17. The molecule has 33 heavy (non-hydrogen) atoms. The van der Waals surface area contributed by atoms with E-state index >= 15 is 0 Å². The molecule has 1 aliphatic rings. The number of ether oxygens (including phenoxy) is 1. The molecule has 0 atom stereocenters. The zero-order chi connectivity index (χ0) is 23.2. The van der Waals surface area contributed by atoms with Crippen molar-refractivity contribution < 1.29 is 19.0 Å². The second-order valence-corrected chi connectivity index (χ2v) is 9.03. The largest absolute Gasteiger partial charge is 0.488 e. The van der Waals surface area contributed by atoms with Crippen LogP contribution in [0, 0.1) is 11.7 Å². The number of aromatic nitrogens is 2. The van der Waals surface area contributed by atoms with Crippen LogP contribution in [-0.2, 0) is 4.79 Å². The number of carbonyl (C=O) groups excluding carboxylic acids is 1. The van der Waals surface area contributed by atoms with E-state index in [4.69, 9.17) is 9.84 Å². The Balaban J connectivity index is 1.46. The number of hydrogen-bond donors (Lipinski definition) is 3. The molecule has 0 saturated heterocycles. The molecule has 4 rings (SSSR count). The molecule has 2 aromatic heterocycles. The summed E-state index contributed by atoms with van der Waals surface area (Å²) in [6.45, 7) is 3.41. The lowest BCUT2D eigenvalue weighted by Crippen LogP contribution is -2.27. The molecule has 0 radical (unpaired) electrons. The first-order valence-corrected chi connectivity index (χ1v) is 11.9. The first-order valence-electron chi connectivity index (χ1n) is 11.0. The molecule has 0 aliphatic heterocycles. The monoisotopic (exact) mass is 470 g/mol. The average Bonchev–Trinajstić information content (AvgIpc) is 3.29. The van der Waals surface area contributed by atoms with Gasteiger partial charge in [-0.3, -0.25) is 4.79 Å². The number of ketones is 1. The third-order valence-electron chi connectivity index (χ3n) is 5.75. The topological polar surface area (TPSA) is 96.4 Å². The van der Waals surface area contributed by atoms with Crippen LogP contribution in [-0.4, -0.2) is 40.1 Å². The van der Waals surface area contributed by atoms with Gasteiger partial charge in [0, 0.05) is 24.2 Å². The number of anilines is 3. The number of benzene rings is 1. The van der Waals surface area contributed by atoms with Crippen LogP contribution in [0.2, 0.25) is 0 Å². The lowest BCUT2D eigenvalue weighted by atomic mass is 9.83. The predicted octanol–water partition coefficient (Wildman–Crippen LogP) is 5.06. The van der Waals surface area contributed by atoms with Gasteiger partial charge in [0.2, 0.25) is 5.95 Å². The Kier molecular flexibility index (Phi) is 7.51. The zero-order valence-electron chi connectivity index (χ0n) is 18.2. The molecule has 174 valence electrons. The van der Waals surface area contributed by atoms with Crippen LogP contribution in [0.1, 0.15) is 32.1 Å². The van der Waals surface area contributed by atoms with Gasteiger partial charge in [-0.15, -0.1) is 11.3 Å². The number of hydrogen-bond acceptors (Lipinski definition) is 8. The van der Waals surface area contributed by atoms with E-state index in [0.29, 0.717) is 24.0 Å². The Morgan fingerprint density at radius 1 is 1.27 bits per heavy atom. The highest BCUT2D eigenvalue weighted by Gasteiger charge is 2.23. The second kappa shape index (κ2) is 10.7. The number of aliphatic hydroxyl groups is 1. The fourth-order valence-corrected chi connectivity index (χ4v) is 4.85. The van der Waals surface area contributed by atoms with Gasteiger partial charge >= 0.3 is 0 Å². The van der Waals surface area contributed by atoms with Gasteiger partial charge in [0.1, 0.15) is 12.4 Å². The molecule has 1 aliphatic carbocycles. The number of carbonyl (C=O) groups is 1. The minimum absolute atomic E-state index is 0.0309. The molecule has 1 fully saturated rings. The van der Waals surface area contributed by atoms with Crippen molar-refractivity contribution in [2.75, 3.05) is 23.8 Å². The van der Waals surface area contributed by atoms with Gasteiger partial charge in [0.05, 0.1) is 16.8 Å². The highest BCUT2D eigenvalue weighted by atomic mass is 32.1. The Labute approximate surface area is 195 Å². The van der Waals surface area contributed by atoms with Gasteiger partial charge in [-0.25, -0.2) is 9.37 Å². The molecule has 9 heteroatoms. The molecular weight excluding hydrogens is 443 g/mol. The van der Waals surface area contributed by atoms with E-state index in [1.807, 2.05) is 11.4 Å². The fraction of sp³-hybridized carbons (Fsp3) is 0.375. The maximum absolute atomic E-state index is 14.3. The van der Waals surface area contributed by atoms with Gasteiger partial charge in [-0.1, -0.05) is 6.58 Å². The van der Waals surface area contributed by atoms with Crippen molar-refractivity contribution in [3.8, 4) is 5.75 Å². The number of fused-ring (bicyclic) bond motifs is 1. The number of nitrogens with zero attached hydrogens (tertiary/aromatic N) is 2.